The molecule has 1 unspecified atom stereocenters. The van der Waals surface area contributed by atoms with Crippen LogP contribution in [-0.2, 0) is 0 Å². The molecule has 3 N–H and O–H groups in total. The fourth-order valence-electron chi connectivity index (χ4n) is 2.42. The van der Waals surface area contributed by atoms with Crippen LogP contribution < -0.4 is 11.1 Å². The lowest BCUT2D eigenvalue weighted by molar-refractivity contribution is 0.344. The van der Waals surface area contributed by atoms with E-state index in [0.29, 0.717) is 0 Å². The Morgan fingerprint density at radius 2 is 1.80 bits per heavy atom. The predicted molar refractivity (Wildman–Crippen MR) is 64.7 cm³/mol. The van der Waals surface area contributed by atoms with Gasteiger partial charge in [0.1, 0.15) is 0 Å². The van der Waals surface area contributed by atoms with Gasteiger partial charge in [0.15, 0.2) is 0 Å². The van der Waals surface area contributed by atoms with Gasteiger partial charge >= 0.3 is 0 Å². The topological polar surface area (TPSA) is 38.0 Å². The molecule has 2 nitrogen and oxygen atoms in total. The largest absolute Gasteiger partial charge is 0.324 e. The summed E-state index contributed by atoms with van der Waals surface area (Å²) in [6.07, 6.45) is 6.98. The van der Waals surface area contributed by atoms with Gasteiger partial charge in [-0.3, -0.25) is 0 Å². The van der Waals surface area contributed by atoms with E-state index in [1.807, 2.05) is 0 Å². The van der Waals surface area contributed by atoms with Crippen LogP contribution in [0.5, 0.6) is 0 Å². The minimum Gasteiger partial charge on any atom is -0.324 e. The van der Waals surface area contributed by atoms with Crippen LogP contribution in [0.2, 0.25) is 0 Å². The van der Waals surface area contributed by atoms with Crippen LogP contribution in [0.4, 0.5) is 0 Å². The van der Waals surface area contributed by atoms with Gasteiger partial charge in [-0.25, -0.2) is 0 Å². The minimum atomic E-state index is -0.0162. The average Bonchev–Trinajstić information content (AvgIpc) is 3.01. The molecule has 88 valence electrons. The third kappa shape index (κ3) is 3.46. The molecule has 0 aliphatic heterocycles. The van der Waals surface area contributed by atoms with Crippen LogP contribution in [0.25, 0.3) is 0 Å². The van der Waals surface area contributed by atoms with Gasteiger partial charge in [-0.1, -0.05) is 6.92 Å². The van der Waals surface area contributed by atoms with E-state index in [1.54, 1.807) is 0 Å². The van der Waals surface area contributed by atoms with Gasteiger partial charge < -0.3 is 11.1 Å². The molecule has 0 aromatic rings. The maximum Gasteiger partial charge on any atom is 0.0249 e. The van der Waals surface area contributed by atoms with E-state index in [0.717, 1.165) is 30.7 Å². The third-order valence-corrected chi connectivity index (χ3v) is 4.17. The quantitative estimate of drug-likeness (QED) is 0.675. The first-order valence-corrected chi connectivity index (χ1v) is 6.62. The van der Waals surface area contributed by atoms with Crippen molar-refractivity contribution < 1.29 is 0 Å². The number of hydrogen-bond donors (Lipinski definition) is 2. The zero-order chi connectivity index (χ0) is 10.9. The maximum atomic E-state index is 6.12. The first kappa shape index (κ1) is 11.4. The normalized spacial score (nSPS) is 25.6. The summed E-state index contributed by atoms with van der Waals surface area (Å²) in [5, 5.41) is 3.59. The Kier molecular flexibility index (Phi) is 3.36. The van der Waals surface area contributed by atoms with E-state index in [1.165, 1.54) is 32.2 Å². The molecule has 0 heterocycles. The van der Waals surface area contributed by atoms with Crippen molar-refractivity contribution in [3.05, 3.63) is 0 Å². The van der Waals surface area contributed by atoms with Gasteiger partial charge in [0, 0.05) is 12.1 Å². The highest BCUT2D eigenvalue weighted by Gasteiger charge is 2.40. The number of nitrogens with one attached hydrogen (secondary N) is 1. The lowest BCUT2D eigenvalue weighted by Gasteiger charge is -2.25. The molecule has 2 rings (SSSR count). The second-order valence-electron chi connectivity index (χ2n) is 5.98. The molecule has 2 fully saturated rings. The molecule has 2 heteroatoms. The standard InChI is InChI=1S/C13H26N2/c1-3-13(2,14)9-15-8-12(10-4-5-10)11-6-7-11/h10-12,15H,3-9,14H2,1-2H3. The summed E-state index contributed by atoms with van der Waals surface area (Å²) in [6.45, 7) is 6.49. The first-order chi connectivity index (χ1) is 7.12. The molecule has 0 saturated heterocycles. The van der Waals surface area contributed by atoms with E-state index in [9.17, 15) is 0 Å². The zero-order valence-corrected chi connectivity index (χ0v) is 10.3. The van der Waals surface area contributed by atoms with Crippen molar-refractivity contribution >= 4 is 0 Å². The molecule has 15 heavy (non-hydrogen) atoms. The summed E-state index contributed by atoms with van der Waals surface area (Å²) in [4.78, 5) is 0. The van der Waals surface area contributed by atoms with E-state index < -0.39 is 0 Å². The second kappa shape index (κ2) is 4.42. The Balaban J connectivity index is 1.67. The van der Waals surface area contributed by atoms with E-state index in [2.05, 4.69) is 19.2 Å². The lowest BCUT2D eigenvalue weighted by Crippen LogP contribution is -2.46. The third-order valence-electron chi connectivity index (χ3n) is 4.17. The molecule has 0 aromatic carbocycles. The van der Waals surface area contributed by atoms with Crippen molar-refractivity contribution in [2.75, 3.05) is 13.1 Å². The Hall–Kier alpha value is -0.0800. The summed E-state index contributed by atoms with van der Waals surface area (Å²) in [6, 6.07) is 0. The molecule has 2 aliphatic rings. The van der Waals surface area contributed by atoms with Crippen LogP contribution in [-0.4, -0.2) is 18.6 Å². The highest BCUT2D eigenvalue weighted by atomic mass is 14.9. The van der Waals surface area contributed by atoms with Gasteiger partial charge in [0.2, 0.25) is 0 Å². The van der Waals surface area contributed by atoms with Crippen molar-refractivity contribution in [1.29, 1.82) is 0 Å². The molecule has 0 spiro atoms. The van der Waals surface area contributed by atoms with Crippen molar-refractivity contribution in [2.45, 2.75) is 51.5 Å². The summed E-state index contributed by atoms with van der Waals surface area (Å²) in [7, 11) is 0. The van der Waals surface area contributed by atoms with Crippen LogP contribution in [0.15, 0.2) is 0 Å². The summed E-state index contributed by atoms with van der Waals surface area (Å²) < 4.78 is 0. The first-order valence-electron chi connectivity index (χ1n) is 6.62. The smallest absolute Gasteiger partial charge is 0.0249 e. The molecule has 2 aliphatic carbocycles. The molecule has 0 bridgehead atoms. The highest BCUT2D eigenvalue weighted by molar-refractivity contribution is 4.93. The Labute approximate surface area is 94.0 Å². The molecule has 2 saturated carbocycles. The van der Waals surface area contributed by atoms with Crippen molar-refractivity contribution in [2.24, 2.45) is 23.5 Å². The van der Waals surface area contributed by atoms with Crippen LogP contribution >= 0.6 is 0 Å². The van der Waals surface area contributed by atoms with E-state index >= 15 is 0 Å². The molecule has 0 radical (unpaired) electrons. The Morgan fingerprint density at radius 1 is 1.27 bits per heavy atom. The summed E-state index contributed by atoms with van der Waals surface area (Å²) in [5.41, 5.74) is 6.11. The zero-order valence-electron chi connectivity index (χ0n) is 10.3. The summed E-state index contributed by atoms with van der Waals surface area (Å²) >= 11 is 0. The fraction of sp³-hybridized carbons (Fsp3) is 1.00. The number of rotatable bonds is 7. The van der Waals surface area contributed by atoms with Gasteiger partial charge in [-0.05, 0) is 63.3 Å². The molecule has 0 aromatic heterocycles. The van der Waals surface area contributed by atoms with E-state index in [4.69, 9.17) is 5.73 Å². The molecular formula is C13H26N2. The summed E-state index contributed by atoms with van der Waals surface area (Å²) in [5.74, 6) is 3.07. The predicted octanol–water partition coefficient (Wildman–Crippen LogP) is 2.14. The Bertz CT molecular complexity index is 193. The highest BCUT2D eigenvalue weighted by Crippen LogP contribution is 2.48. The Morgan fingerprint density at radius 3 is 2.20 bits per heavy atom. The van der Waals surface area contributed by atoms with Gasteiger partial charge in [0.05, 0.1) is 0 Å². The fourth-order valence-corrected chi connectivity index (χ4v) is 2.42. The van der Waals surface area contributed by atoms with Crippen molar-refractivity contribution in [3.63, 3.8) is 0 Å². The maximum absolute atomic E-state index is 6.12. The van der Waals surface area contributed by atoms with Gasteiger partial charge in [-0.2, -0.15) is 0 Å². The molecular weight excluding hydrogens is 184 g/mol. The van der Waals surface area contributed by atoms with Gasteiger partial charge in [-0.15, -0.1) is 0 Å². The van der Waals surface area contributed by atoms with Crippen molar-refractivity contribution in [1.82, 2.24) is 5.32 Å². The monoisotopic (exact) mass is 210 g/mol. The SMILES string of the molecule is CCC(C)(N)CNCC(C1CC1)C1CC1. The van der Waals surface area contributed by atoms with Crippen molar-refractivity contribution in [3.8, 4) is 0 Å². The average molecular weight is 210 g/mol. The molecule has 0 amide bonds. The van der Waals surface area contributed by atoms with Crippen LogP contribution in [0.3, 0.4) is 0 Å². The molecule has 1 atom stereocenters. The minimum absolute atomic E-state index is 0.0162. The van der Waals surface area contributed by atoms with Crippen LogP contribution in [0, 0.1) is 17.8 Å². The van der Waals surface area contributed by atoms with E-state index in [-0.39, 0.29) is 5.54 Å². The van der Waals surface area contributed by atoms with Crippen LogP contribution in [0.1, 0.15) is 46.0 Å². The number of hydrogen-bond acceptors (Lipinski definition) is 2. The lowest BCUT2D eigenvalue weighted by atomic mass is 9.96. The number of nitrogens with two attached hydrogens (primary N) is 1. The van der Waals surface area contributed by atoms with Gasteiger partial charge in [0.25, 0.3) is 0 Å². The second-order valence-corrected chi connectivity index (χ2v) is 5.98.